The minimum Gasteiger partial charge on any atom is -0.456 e. The van der Waals surface area contributed by atoms with Crippen molar-refractivity contribution < 1.29 is 8.83 Å². The molecule has 8 aromatic carbocycles. The van der Waals surface area contributed by atoms with Crippen LogP contribution in [-0.4, -0.2) is 19.9 Å². The van der Waals surface area contributed by atoms with Crippen molar-refractivity contribution in [1.82, 2.24) is 19.9 Å². The summed E-state index contributed by atoms with van der Waals surface area (Å²) in [5.74, 6) is 2.45. The summed E-state index contributed by atoms with van der Waals surface area (Å²) in [4.78, 5) is 19.9. The summed E-state index contributed by atoms with van der Waals surface area (Å²) in [7, 11) is 0. The molecule has 0 fully saturated rings. The van der Waals surface area contributed by atoms with Crippen molar-refractivity contribution in [2.24, 2.45) is 0 Å². The summed E-state index contributed by atoms with van der Waals surface area (Å²) >= 11 is 0. The number of rotatable bonds is 6. The summed E-state index contributed by atoms with van der Waals surface area (Å²) in [6.07, 6.45) is 0. The smallest absolute Gasteiger partial charge is 0.227 e. The lowest BCUT2D eigenvalue weighted by atomic mass is 9.96. The van der Waals surface area contributed by atoms with Crippen LogP contribution in [0.15, 0.2) is 179 Å². The first-order valence-electron chi connectivity index (χ1n) is 17.9. The molecule has 11 aromatic rings. The molecule has 0 aliphatic carbocycles. The number of hydrogen-bond donors (Lipinski definition) is 0. The lowest BCUT2D eigenvalue weighted by Gasteiger charge is -2.10. The highest BCUT2D eigenvalue weighted by molar-refractivity contribution is 6.31. The Balaban J connectivity index is 1.02. The van der Waals surface area contributed by atoms with Crippen LogP contribution in [-0.2, 0) is 0 Å². The highest BCUT2D eigenvalue weighted by atomic mass is 16.3. The van der Waals surface area contributed by atoms with Gasteiger partial charge in [0.05, 0.1) is 0 Å². The van der Waals surface area contributed by atoms with Crippen molar-refractivity contribution in [1.29, 1.82) is 0 Å². The fourth-order valence-corrected chi connectivity index (χ4v) is 7.48. The Bertz CT molecular complexity index is 3120. The van der Waals surface area contributed by atoms with E-state index in [-0.39, 0.29) is 0 Å². The third kappa shape index (κ3) is 4.96. The summed E-state index contributed by atoms with van der Waals surface area (Å²) in [6, 6.07) is 57.6. The van der Waals surface area contributed by atoms with Gasteiger partial charge in [-0.3, -0.25) is 0 Å². The van der Waals surface area contributed by atoms with Crippen LogP contribution in [0.5, 0.6) is 0 Å². The molecule has 54 heavy (non-hydrogen) atoms. The molecule has 0 unspecified atom stereocenters. The van der Waals surface area contributed by atoms with E-state index < -0.39 is 0 Å². The number of furan rings is 1. The van der Waals surface area contributed by atoms with Crippen LogP contribution in [0.25, 0.3) is 112 Å². The zero-order valence-corrected chi connectivity index (χ0v) is 28.8. The van der Waals surface area contributed by atoms with Crippen LogP contribution < -0.4 is 0 Å². The Labute approximate surface area is 309 Å². The van der Waals surface area contributed by atoms with E-state index in [1.54, 1.807) is 0 Å². The Hall–Kier alpha value is -7.44. The Morgan fingerprint density at radius 2 is 0.796 bits per heavy atom. The van der Waals surface area contributed by atoms with Gasteiger partial charge in [-0.1, -0.05) is 140 Å². The predicted octanol–water partition coefficient (Wildman–Crippen LogP) is 12.5. The maximum atomic E-state index is 6.49. The Kier molecular flexibility index (Phi) is 6.75. The predicted molar refractivity (Wildman–Crippen MR) is 216 cm³/mol. The molecule has 6 heteroatoms. The minimum atomic E-state index is 0.598. The second-order valence-corrected chi connectivity index (χ2v) is 13.4. The van der Waals surface area contributed by atoms with Crippen LogP contribution >= 0.6 is 0 Å². The minimum absolute atomic E-state index is 0.598. The molecule has 3 aromatic heterocycles. The van der Waals surface area contributed by atoms with E-state index in [0.717, 1.165) is 88.3 Å². The molecule has 0 radical (unpaired) electrons. The van der Waals surface area contributed by atoms with Gasteiger partial charge in [0.2, 0.25) is 5.89 Å². The first-order valence-corrected chi connectivity index (χ1v) is 17.9. The number of benzene rings is 8. The highest BCUT2D eigenvalue weighted by Gasteiger charge is 2.23. The van der Waals surface area contributed by atoms with Crippen LogP contribution in [0, 0.1) is 0 Å². The molecule has 0 spiro atoms. The molecule has 0 aliphatic heterocycles. The maximum Gasteiger partial charge on any atom is 0.227 e. The van der Waals surface area contributed by atoms with Crippen LogP contribution in [0.2, 0.25) is 0 Å². The summed E-state index contributed by atoms with van der Waals surface area (Å²) < 4.78 is 13.0. The quantitative estimate of drug-likeness (QED) is 0.161. The molecule has 6 nitrogen and oxygen atoms in total. The first-order chi connectivity index (χ1) is 26.7. The van der Waals surface area contributed by atoms with Gasteiger partial charge in [0.1, 0.15) is 16.7 Å². The average Bonchev–Trinajstić information content (AvgIpc) is 3.88. The number of fused-ring (bicyclic) bond motifs is 3. The van der Waals surface area contributed by atoms with Crippen molar-refractivity contribution in [3.05, 3.63) is 170 Å². The largest absolute Gasteiger partial charge is 0.456 e. The van der Waals surface area contributed by atoms with Crippen LogP contribution in [0.3, 0.4) is 0 Å². The Morgan fingerprint density at radius 3 is 1.41 bits per heavy atom. The molecule has 0 amide bonds. The topological polar surface area (TPSA) is 77.8 Å². The molecule has 0 saturated carbocycles. The molecule has 0 N–H and O–H groups in total. The molecule has 11 rings (SSSR count). The molecule has 252 valence electrons. The van der Waals surface area contributed by atoms with E-state index in [1.165, 1.54) is 0 Å². The average molecular weight is 693 g/mol. The Morgan fingerprint density at radius 1 is 0.315 bits per heavy atom. The molecular formula is C48H28N4O2. The van der Waals surface area contributed by atoms with Gasteiger partial charge >= 0.3 is 0 Å². The molecule has 0 saturated heterocycles. The lowest BCUT2D eigenvalue weighted by molar-refractivity contribution is 0.623. The van der Waals surface area contributed by atoms with E-state index in [0.29, 0.717) is 23.4 Å². The van der Waals surface area contributed by atoms with Crippen molar-refractivity contribution in [2.75, 3.05) is 0 Å². The van der Waals surface area contributed by atoms with E-state index in [2.05, 4.69) is 91.0 Å². The van der Waals surface area contributed by atoms with E-state index in [1.807, 2.05) is 78.9 Å². The van der Waals surface area contributed by atoms with E-state index >= 15 is 0 Å². The number of aromatic nitrogens is 4. The van der Waals surface area contributed by atoms with Crippen LogP contribution in [0.4, 0.5) is 0 Å². The highest BCUT2D eigenvalue weighted by Crippen LogP contribution is 2.45. The molecule has 0 aliphatic rings. The molecule has 0 bridgehead atoms. The third-order valence-corrected chi connectivity index (χ3v) is 10.1. The van der Waals surface area contributed by atoms with Gasteiger partial charge in [0.15, 0.2) is 23.1 Å². The summed E-state index contributed by atoms with van der Waals surface area (Å²) in [5, 5.41) is 4.11. The molecule has 0 atom stereocenters. The second kappa shape index (κ2) is 12.1. The normalized spacial score (nSPS) is 11.7. The van der Waals surface area contributed by atoms with Crippen LogP contribution in [0.1, 0.15) is 0 Å². The van der Waals surface area contributed by atoms with Crippen molar-refractivity contribution >= 4 is 43.8 Å². The fourth-order valence-electron chi connectivity index (χ4n) is 7.48. The van der Waals surface area contributed by atoms with Gasteiger partial charge in [0, 0.05) is 43.8 Å². The van der Waals surface area contributed by atoms with Crippen molar-refractivity contribution in [3.8, 4) is 67.9 Å². The SMILES string of the molecule is c1ccc(-c2ccc(-c3nc(-c4ccccc4)nc(-c4ccc(-c5cc6oc7cccc8c9oc(-c%10ccccc%10)nc9c(c5)c6c78)cc4)n3)cc2)cc1. The monoisotopic (exact) mass is 692 g/mol. The number of hydrogen-bond acceptors (Lipinski definition) is 6. The number of nitrogens with zero attached hydrogens (tertiary/aromatic N) is 4. The first kappa shape index (κ1) is 30.2. The second-order valence-electron chi connectivity index (χ2n) is 13.4. The standard InChI is InChI=1S/C48H28N4O2/c1-4-11-29(12-5-1)30-19-23-33(24-20-30)46-50-45(32-13-6-2-7-14-32)51-47(52-46)34-25-21-31(22-26-34)36-27-38-42-40(28-36)53-39-18-10-17-37(41(39)42)44-43(38)49-48(54-44)35-15-8-3-9-16-35/h1-28H. The van der Waals surface area contributed by atoms with Crippen molar-refractivity contribution in [3.63, 3.8) is 0 Å². The third-order valence-electron chi connectivity index (χ3n) is 10.1. The molecular weight excluding hydrogens is 665 g/mol. The van der Waals surface area contributed by atoms with Gasteiger partial charge in [-0.05, 0) is 52.6 Å². The summed E-state index contributed by atoms with van der Waals surface area (Å²) in [5.41, 5.74) is 11.3. The van der Waals surface area contributed by atoms with Gasteiger partial charge in [-0.25, -0.2) is 19.9 Å². The zero-order valence-electron chi connectivity index (χ0n) is 28.8. The van der Waals surface area contributed by atoms with Crippen molar-refractivity contribution in [2.45, 2.75) is 0 Å². The van der Waals surface area contributed by atoms with Gasteiger partial charge in [-0.15, -0.1) is 0 Å². The number of oxazole rings is 1. The van der Waals surface area contributed by atoms with Gasteiger partial charge < -0.3 is 8.83 Å². The molecule has 3 heterocycles. The van der Waals surface area contributed by atoms with Gasteiger partial charge in [0.25, 0.3) is 0 Å². The van der Waals surface area contributed by atoms with E-state index in [4.69, 9.17) is 28.8 Å². The van der Waals surface area contributed by atoms with Gasteiger partial charge in [-0.2, -0.15) is 0 Å². The fraction of sp³-hybridized carbons (Fsp3) is 0. The van der Waals surface area contributed by atoms with E-state index in [9.17, 15) is 0 Å². The maximum absolute atomic E-state index is 6.49. The zero-order chi connectivity index (χ0) is 35.6. The summed E-state index contributed by atoms with van der Waals surface area (Å²) in [6.45, 7) is 0. The lowest BCUT2D eigenvalue weighted by Crippen LogP contribution is -2.00.